The molecule has 3 rings (SSSR count). The van der Waals surface area contributed by atoms with Crippen LogP contribution in [-0.4, -0.2) is 61.8 Å². The second-order valence-corrected chi connectivity index (χ2v) is 9.12. The average Bonchev–Trinajstić information content (AvgIpc) is 3.33. The molecule has 1 aromatic rings. The Morgan fingerprint density at radius 2 is 1.96 bits per heavy atom. The highest BCUT2D eigenvalue weighted by Crippen LogP contribution is 2.39. The zero-order chi connectivity index (χ0) is 18.9. The first-order chi connectivity index (χ1) is 12.3. The number of nitrogens with zero attached hydrogens (tertiary/aromatic N) is 3. The quantitative estimate of drug-likeness (QED) is 0.573. The third kappa shape index (κ3) is 3.99. The number of hydrogen-bond donors (Lipinski definition) is 1. The molecule has 1 aromatic carbocycles. The minimum Gasteiger partial charge on any atom is -0.376 e. The summed E-state index contributed by atoms with van der Waals surface area (Å²) in [4.78, 5) is 13.0. The SMILES string of the molecule is CCCC1CC1Nc1ccc(S(=O)(=O)N2CCN(C)CC2)cc1[N+](=O)[O-]. The molecule has 1 aliphatic carbocycles. The zero-order valence-corrected chi connectivity index (χ0v) is 16.0. The van der Waals surface area contributed by atoms with Gasteiger partial charge >= 0.3 is 0 Å². The zero-order valence-electron chi connectivity index (χ0n) is 15.2. The van der Waals surface area contributed by atoms with Crippen LogP contribution in [0.5, 0.6) is 0 Å². The van der Waals surface area contributed by atoms with Gasteiger partial charge in [-0.1, -0.05) is 13.3 Å². The van der Waals surface area contributed by atoms with Crippen molar-refractivity contribution in [2.24, 2.45) is 5.92 Å². The van der Waals surface area contributed by atoms with Crippen LogP contribution in [0.3, 0.4) is 0 Å². The number of anilines is 1. The van der Waals surface area contributed by atoms with Crippen LogP contribution in [0.2, 0.25) is 0 Å². The van der Waals surface area contributed by atoms with Gasteiger partial charge < -0.3 is 10.2 Å². The second-order valence-electron chi connectivity index (χ2n) is 7.18. The largest absolute Gasteiger partial charge is 0.376 e. The Morgan fingerprint density at radius 1 is 1.27 bits per heavy atom. The summed E-state index contributed by atoms with van der Waals surface area (Å²) in [6.45, 7) is 4.22. The lowest BCUT2D eigenvalue weighted by molar-refractivity contribution is -0.384. The van der Waals surface area contributed by atoms with E-state index in [1.54, 1.807) is 0 Å². The van der Waals surface area contributed by atoms with Crippen molar-refractivity contribution >= 4 is 21.4 Å². The van der Waals surface area contributed by atoms with Crippen LogP contribution in [0, 0.1) is 16.0 Å². The van der Waals surface area contributed by atoms with E-state index in [1.165, 1.54) is 22.5 Å². The van der Waals surface area contributed by atoms with Crippen LogP contribution < -0.4 is 5.32 Å². The van der Waals surface area contributed by atoms with Gasteiger partial charge in [0, 0.05) is 38.3 Å². The number of piperazine rings is 1. The van der Waals surface area contributed by atoms with Crippen LogP contribution in [0.1, 0.15) is 26.2 Å². The van der Waals surface area contributed by atoms with E-state index in [0.717, 1.165) is 19.3 Å². The molecular weight excluding hydrogens is 356 g/mol. The number of sulfonamides is 1. The van der Waals surface area contributed by atoms with Crippen LogP contribution in [0.15, 0.2) is 23.1 Å². The highest BCUT2D eigenvalue weighted by molar-refractivity contribution is 7.89. The number of benzene rings is 1. The minimum atomic E-state index is -3.72. The van der Waals surface area contributed by atoms with Gasteiger partial charge in [0.05, 0.1) is 9.82 Å². The summed E-state index contributed by atoms with van der Waals surface area (Å²) in [6, 6.07) is 4.43. The van der Waals surface area contributed by atoms with Gasteiger partial charge in [-0.15, -0.1) is 0 Å². The summed E-state index contributed by atoms with van der Waals surface area (Å²) >= 11 is 0. The molecule has 8 nitrogen and oxygen atoms in total. The van der Waals surface area contributed by atoms with E-state index >= 15 is 0 Å². The Bertz CT molecular complexity index is 775. The van der Waals surface area contributed by atoms with E-state index in [9.17, 15) is 18.5 Å². The Balaban J connectivity index is 1.81. The Hall–Kier alpha value is -1.71. The van der Waals surface area contributed by atoms with E-state index in [4.69, 9.17) is 0 Å². The summed E-state index contributed by atoms with van der Waals surface area (Å²) in [7, 11) is -1.77. The van der Waals surface area contributed by atoms with Gasteiger partial charge in [0.1, 0.15) is 5.69 Å². The predicted octanol–water partition coefficient (Wildman–Crippen LogP) is 2.13. The topological polar surface area (TPSA) is 95.8 Å². The summed E-state index contributed by atoms with van der Waals surface area (Å²) in [6.07, 6.45) is 3.20. The fraction of sp³-hybridized carbons (Fsp3) is 0.647. The first-order valence-electron chi connectivity index (χ1n) is 9.06. The lowest BCUT2D eigenvalue weighted by atomic mass is 10.2. The van der Waals surface area contributed by atoms with Gasteiger partial charge in [0.15, 0.2) is 0 Å². The molecule has 9 heteroatoms. The molecule has 144 valence electrons. The van der Waals surface area contributed by atoms with Crippen LogP contribution in [-0.2, 0) is 10.0 Å². The number of nitro benzene ring substituents is 1. The molecule has 0 bridgehead atoms. The summed E-state index contributed by atoms with van der Waals surface area (Å²) in [5.74, 6) is 0.549. The monoisotopic (exact) mass is 382 g/mol. The van der Waals surface area contributed by atoms with E-state index in [-0.39, 0.29) is 16.6 Å². The Morgan fingerprint density at radius 3 is 2.58 bits per heavy atom. The molecule has 0 spiro atoms. The summed E-state index contributed by atoms with van der Waals surface area (Å²) in [5.41, 5.74) is 0.221. The molecule has 2 fully saturated rings. The third-order valence-electron chi connectivity index (χ3n) is 5.19. The van der Waals surface area contributed by atoms with Crippen molar-refractivity contribution in [1.82, 2.24) is 9.21 Å². The first kappa shape index (κ1) is 19.1. The van der Waals surface area contributed by atoms with Gasteiger partial charge in [-0.25, -0.2) is 8.42 Å². The number of rotatable bonds is 7. The number of nitro groups is 1. The van der Waals surface area contributed by atoms with Crippen molar-refractivity contribution in [3.8, 4) is 0 Å². The number of nitrogens with one attached hydrogen (secondary N) is 1. The van der Waals surface area contributed by atoms with Crippen LogP contribution in [0.25, 0.3) is 0 Å². The Labute approximate surface area is 154 Å². The molecule has 0 radical (unpaired) electrons. The van der Waals surface area contributed by atoms with Crippen molar-refractivity contribution in [3.05, 3.63) is 28.3 Å². The number of likely N-dealkylation sites (N-methyl/N-ethyl adjacent to an activating group) is 1. The highest BCUT2D eigenvalue weighted by atomic mass is 32.2. The number of hydrogen-bond acceptors (Lipinski definition) is 6. The molecule has 2 unspecified atom stereocenters. The summed E-state index contributed by atoms with van der Waals surface area (Å²) in [5, 5.41) is 14.7. The second kappa shape index (κ2) is 7.50. The molecule has 0 amide bonds. The first-order valence-corrected chi connectivity index (χ1v) is 10.5. The van der Waals surface area contributed by atoms with E-state index in [0.29, 0.717) is 37.8 Å². The van der Waals surface area contributed by atoms with Crippen molar-refractivity contribution in [2.75, 3.05) is 38.5 Å². The van der Waals surface area contributed by atoms with Crippen LogP contribution >= 0.6 is 0 Å². The highest BCUT2D eigenvalue weighted by Gasteiger charge is 2.37. The maximum Gasteiger partial charge on any atom is 0.293 e. The van der Waals surface area contributed by atoms with Crippen molar-refractivity contribution in [2.45, 2.75) is 37.1 Å². The van der Waals surface area contributed by atoms with Crippen LogP contribution in [0.4, 0.5) is 11.4 Å². The fourth-order valence-electron chi connectivity index (χ4n) is 3.44. The molecule has 2 atom stereocenters. The van der Waals surface area contributed by atoms with Crippen molar-refractivity contribution < 1.29 is 13.3 Å². The Kier molecular flexibility index (Phi) is 5.50. The summed E-state index contributed by atoms with van der Waals surface area (Å²) < 4.78 is 27.0. The van der Waals surface area contributed by atoms with Gasteiger partial charge in [-0.3, -0.25) is 10.1 Å². The molecule has 1 saturated carbocycles. The third-order valence-corrected chi connectivity index (χ3v) is 7.08. The molecule has 1 aliphatic heterocycles. The molecule has 2 aliphatic rings. The normalized spacial score (nSPS) is 24.4. The van der Waals surface area contributed by atoms with Crippen molar-refractivity contribution in [1.29, 1.82) is 0 Å². The van der Waals surface area contributed by atoms with E-state index in [1.807, 2.05) is 7.05 Å². The smallest absolute Gasteiger partial charge is 0.293 e. The van der Waals surface area contributed by atoms with Gasteiger partial charge in [0.25, 0.3) is 5.69 Å². The molecule has 1 heterocycles. The molecule has 1 saturated heterocycles. The average molecular weight is 382 g/mol. The van der Waals surface area contributed by atoms with Gasteiger partial charge in [-0.2, -0.15) is 4.31 Å². The maximum absolute atomic E-state index is 12.8. The standard InChI is InChI=1S/C17H26N4O4S/c1-3-4-13-11-16(13)18-15-6-5-14(12-17(15)21(22)23)26(24,25)20-9-7-19(2)8-10-20/h5-6,12-13,16,18H,3-4,7-11H2,1-2H3. The molecular formula is C17H26N4O4S. The lowest BCUT2D eigenvalue weighted by Gasteiger charge is -2.31. The molecule has 1 N–H and O–H groups in total. The van der Waals surface area contributed by atoms with Gasteiger partial charge in [0.2, 0.25) is 10.0 Å². The van der Waals surface area contributed by atoms with Gasteiger partial charge in [-0.05, 0) is 37.9 Å². The van der Waals surface area contributed by atoms with E-state index in [2.05, 4.69) is 17.1 Å². The predicted molar refractivity (Wildman–Crippen MR) is 99.8 cm³/mol. The maximum atomic E-state index is 12.8. The lowest BCUT2D eigenvalue weighted by Crippen LogP contribution is -2.47. The minimum absolute atomic E-state index is 0.0137. The molecule has 26 heavy (non-hydrogen) atoms. The molecule has 0 aromatic heterocycles. The van der Waals surface area contributed by atoms with E-state index < -0.39 is 14.9 Å². The van der Waals surface area contributed by atoms with Crippen molar-refractivity contribution in [3.63, 3.8) is 0 Å². The fourth-order valence-corrected chi connectivity index (χ4v) is 4.88.